The monoisotopic (exact) mass is 290 g/mol. The first-order chi connectivity index (χ1) is 10.1. The van der Waals surface area contributed by atoms with Crippen LogP contribution in [0.25, 0.3) is 0 Å². The minimum atomic E-state index is -0.603. The molecule has 0 aliphatic carbocycles. The molecule has 6 nitrogen and oxygen atoms in total. The van der Waals surface area contributed by atoms with Crippen LogP contribution < -0.4 is 15.4 Å². The van der Waals surface area contributed by atoms with Gasteiger partial charge in [0.2, 0.25) is 0 Å². The summed E-state index contributed by atoms with van der Waals surface area (Å²) in [6, 6.07) is 6.32. The molecule has 0 fully saturated rings. The van der Waals surface area contributed by atoms with Crippen molar-refractivity contribution in [2.24, 2.45) is 0 Å². The highest BCUT2D eigenvalue weighted by Crippen LogP contribution is 2.33. The Morgan fingerprint density at radius 1 is 1.33 bits per heavy atom. The molecule has 0 bridgehead atoms. The van der Waals surface area contributed by atoms with Gasteiger partial charge in [0.1, 0.15) is 5.75 Å². The Morgan fingerprint density at radius 3 is 2.71 bits per heavy atom. The molecule has 0 aromatic heterocycles. The molecule has 2 N–H and O–H groups in total. The van der Waals surface area contributed by atoms with Crippen LogP contribution in [0.3, 0.4) is 0 Å². The van der Waals surface area contributed by atoms with Gasteiger partial charge in [0.25, 0.3) is 0 Å². The number of hydrogen-bond acceptors (Lipinski definition) is 4. The number of methoxy groups -OCH3 is 1. The van der Waals surface area contributed by atoms with Crippen molar-refractivity contribution in [1.29, 1.82) is 0 Å². The van der Waals surface area contributed by atoms with E-state index in [4.69, 9.17) is 9.47 Å². The van der Waals surface area contributed by atoms with Gasteiger partial charge in [0.05, 0.1) is 25.3 Å². The van der Waals surface area contributed by atoms with Crippen LogP contribution >= 0.6 is 0 Å². The summed E-state index contributed by atoms with van der Waals surface area (Å²) in [6.45, 7) is 4.04. The number of carbonyl (C=O) groups is 2. The van der Waals surface area contributed by atoms with Crippen LogP contribution in [0.5, 0.6) is 5.75 Å². The molecule has 0 spiro atoms. The maximum absolute atomic E-state index is 12.0. The standard InChI is InChI=1S/C15H18N2O4/c1-4-21-11-8-6-5-7-10(11)13-12(14(18)20-3)9(2)16-15(19)17-13/h5-8,13H,4H2,1-3H3,(H2,16,17,19)/t13-/m0/s1. The molecule has 6 heteroatoms. The first-order valence-corrected chi connectivity index (χ1v) is 6.66. The third-order valence-corrected chi connectivity index (χ3v) is 3.20. The van der Waals surface area contributed by atoms with E-state index in [1.165, 1.54) is 7.11 Å². The summed E-state index contributed by atoms with van der Waals surface area (Å²) in [6.07, 6.45) is 0. The van der Waals surface area contributed by atoms with Gasteiger partial charge in [-0.25, -0.2) is 9.59 Å². The van der Waals surface area contributed by atoms with Gasteiger partial charge >= 0.3 is 12.0 Å². The van der Waals surface area contributed by atoms with E-state index >= 15 is 0 Å². The van der Waals surface area contributed by atoms with Gasteiger partial charge < -0.3 is 20.1 Å². The topological polar surface area (TPSA) is 76.7 Å². The van der Waals surface area contributed by atoms with Crippen LogP contribution in [-0.4, -0.2) is 25.7 Å². The summed E-state index contributed by atoms with van der Waals surface area (Å²) in [5.74, 6) is 0.137. The Bertz CT molecular complexity index is 595. The average Bonchev–Trinajstić information content (AvgIpc) is 2.46. The Morgan fingerprint density at radius 2 is 2.05 bits per heavy atom. The lowest BCUT2D eigenvalue weighted by Crippen LogP contribution is -2.45. The third kappa shape index (κ3) is 2.99. The van der Waals surface area contributed by atoms with Crippen molar-refractivity contribution in [1.82, 2.24) is 10.6 Å². The van der Waals surface area contributed by atoms with Gasteiger partial charge in [0.15, 0.2) is 0 Å². The lowest BCUT2D eigenvalue weighted by atomic mass is 9.95. The lowest BCUT2D eigenvalue weighted by Gasteiger charge is -2.28. The number of allylic oxidation sites excluding steroid dienone is 1. The molecule has 21 heavy (non-hydrogen) atoms. The molecule has 0 radical (unpaired) electrons. The number of hydrogen-bond donors (Lipinski definition) is 2. The average molecular weight is 290 g/mol. The van der Waals surface area contributed by atoms with Crippen LogP contribution in [0.1, 0.15) is 25.5 Å². The maximum Gasteiger partial charge on any atom is 0.337 e. The molecule has 112 valence electrons. The minimum absolute atomic E-state index is 0.364. The Kier molecular flexibility index (Phi) is 4.47. The largest absolute Gasteiger partial charge is 0.494 e. The summed E-state index contributed by atoms with van der Waals surface area (Å²) >= 11 is 0. The fourth-order valence-electron chi connectivity index (χ4n) is 2.31. The molecule has 1 heterocycles. The van der Waals surface area contributed by atoms with Gasteiger partial charge in [-0.1, -0.05) is 18.2 Å². The SMILES string of the molecule is CCOc1ccccc1[C@@H]1NC(=O)NC(C)=C1C(=O)OC. The lowest BCUT2D eigenvalue weighted by molar-refractivity contribution is -0.136. The Balaban J connectivity index is 2.51. The second-order valence-electron chi connectivity index (χ2n) is 4.53. The maximum atomic E-state index is 12.0. The van der Waals surface area contributed by atoms with E-state index in [2.05, 4.69) is 10.6 Å². The molecule has 1 aromatic carbocycles. The van der Waals surface area contributed by atoms with Gasteiger partial charge in [0, 0.05) is 11.3 Å². The van der Waals surface area contributed by atoms with Crippen molar-refractivity contribution in [3.63, 3.8) is 0 Å². The number of amides is 2. The van der Waals surface area contributed by atoms with E-state index in [-0.39, 0.29) is 6.03 Å². The smallest absolute Gasteiger partial charge is 0.337 e. The van der Waals surface area contributed by atoms with Crippen molar-refractivity contribution in [3.05, 3.63) is 41.1 Å². The van der Waals surface area contributed by atoms with Gasteiger partial charge in [-0.05, 0) is 19.9 Å². The zero-order valence-corrected chi connectivity index (χ0v) is 12.2. The van der Waals surface area contributed by atoms with E-state index in [0.29, 0.717) is 29.2 Å². The summed E-state index contributed by atoms with van der Waals surface area (Å²) in [5.41, 5.74) is 1.56. The van der Waals surface area contributed by atoms with E-state index in [1.54, 1.807) is 13.0 Å². The highest BCUT2D eigenvalue weighted by molar-refractivity contribution is 5.95. The van der Waals surface area contributed by atoms with Crippen LogP contribution in [0.2, 0.25) is 0 Å². The first-order valence-electron chi connectivity index (χ1n) is 6.66. The predicted octanol–water partition coefficient (Wildman–Crippen LogP) is 1.89. The highest BCUT2D eigenvalue weighted by Gasteiger charge is 2.33. The van der Waals surface area contributed by atoms with E-state index in [1.807, 2.05) is 25.1 Å². The molecule has 1 aromatic rings. The van der Waals surface area contributed by atoms with Gasteiger partial charge in [-0.2, -0.15) is 0 Å². The first kappa shape index (κ1) is 14.9. The highest BCUT2D eigenvalue weighted by atomic mass is 16.5. The van der Waals surface area contributed by atoms with Crippen LogP contribution in [-0.2, 0) is 9.53 Å². The Labute approximate surface area is 123 Å². The fraction of sp³-hybridized carbons (Fsp3) is 0.333. The van der Waals surface area contributed by atoms with Crippen molar-refractivity contribution in [2.45, 2.75) is 19.9 Å². The van der Waals surface area contributed by atoms with E-state index in [0.717, 1.165) is 0 Å². The molecule has 0 unspecified atom stereocenters. The quantitative estimate of drug-likeness (QED) is 0.830. The second-order valence-corrected chi connectivity index (χ2v) is 4.53. The second kappa shape index (κ2) is 6.30. The number of esters is 1. The normalized spacial score (nSPS) is 17.9. The number of rotatable bonds is 4. The number of para-hydroxylation sites is 1. The molecular weight excluding hydrogens is 272 g/mol. The number of ether oxygens (including phenoxy) is 2. The van der Waals surface area contributed by atoms with Gasteiger partial charge in [-0.3, -0.25) is 0 Å². The third-order valence-electron chi connectivity index (χ3n) is 3.20. The number of urea groups is 1. The molecular formula is C15H18N2O4. The van der Waals surface area contributed by atoms with Crippen molar-refractivity contribution in [2.75, 3.05) is 13.7 Å². The zero-order valence-electron chi connectivity index (χ0n) is 12.2. The molecule has 1 aliphatic heterocycles. The number of carbonyl (C=O) groups excluding carboxylic acids is 2. The molecule has 2 amide bonds. The predicted molar refractivity (Wildman–Crippen MR) is 76.7 cm³/mol. The summed E-state index contributed by atoms with van der Waals surface area (Å²) in [5, 5.41) is 5.32. The van der Waals surface area contributed by atoms with Crippen molar-refractivity contribution in [3.8, 4) is 5.75 Å². The molecule has 1 atom stereocenters. The molecule has 2 rings (SSSR count). The van der Waals surface area contributed by atoms with Crippen molar-refractivity contribution >= 4 is 12.0 Å². The number of benzene rings is 1. The van der Waals surface area contributed by atoms with Crippen LogP contribution in [0.15, 0.2) is 35.5 Å². The van der Waals surface area contributed by atoms with Crippen LogP contribution in [0.4, 0.5) is 4.79 Å². The fourth-order valence-corrected chi connectivity index (χ4v) is 2.31. The molecule has 0 saturated carbocycles. The summed E-state index contributed by atoms with van der Waals surface area (Å²) in [4.78, 5) is 23.8. The van der Waals surface area contributed by atoms with Crippen LogP contribution in [0, 0.1) is 0 Å². The van der Waals surface area contributed by atoms with E-state index < -0.39 is 12.0 Å². The summed E-state index contributed by atoms with van der Waals surface area (Å²) in [7, 11) is 1.31. The minimum Gasteiger partial charge on any atom is -0.494 e. The molecule has 1 aliphatic rings. The van der Waals surface area contributed by atoms with E-state index in [9.17, 15) is 9.59 Å². The van der Waals surface area contributed by atoms with Gasteiger partial charge in [-0.15, -0.1) is 0 Å². The van der Waals surface area contributed by atoms with Crippen molar-refractivity contribution < 1.29 is 19.1 Å². The molecule has 0 saturated heterocycles. The Hall–Kier alpha value is -2.50. The number of nitrogens with one attached hydrogen (secondary N) is 2. The summed E-state index contributed by atoms with van der Waals surface area (Å²) < 4.78 is 10.4. The zero-order chi connectivity index (χ0) is 15.4.